The highest BCUT2D eigenvalue weighted by Gasteiger charge is 2.41. The van der Waals surface area contributed by atoms with Gasteiger partial charge in [-0.05, 0) is 37.9 Å². The highest BCUT2D eigenvalue weighted by Crippen LogP contribution is 2.39. The van der Waals surface area contributed by atoms with Crippen LogP contribution in [0.4, 0.5) is 0 Å². The van der Waals surface area contributed by atoms with Crippen molar-refractivity contribution >= 4 is 17.7 Å². The van der Waals surface area contributed by atoms with Crippen LogP contribution in [-0.4, -0.2) is 40.4 Å². The summed E-state index contributed by atoms with van der Waals surface area (Å²) >= 11 is 1.83. The molecule has 2 aliphatic heterocycles. The molecule has 0 radical (unpaired) electrons. The van der Waals surface area contributed by atoms with Gasteiger partial charge in [0.25, 0.3) is 0 Å². The number of rotatable bonds is 1. The lowest BCUT2D eigenvalue weighted by atomic mass is 9.93. The minimum Gasteiger partial charge on any atom is -0.341 e. The van der Waals surface area contributed by atoms with Gasteiger partial charge in [-0.2, -0.15) is 0 Å². The molecule has 92 valence electrons. The Labute approximate surface area is 102 Å². The molecular weight excluding hydrogens is 220 g/mol. The Hall–Kier alpha value is -0.220. The molecule has 0 spiro atoms. The minimum absolute atomic E-state index is 0.152. The Kier molecular flexibility index (Phi) is 3.50. The molecule has 0 aliphatic carbocycles. The van der Waals surface area contributed by atoms with Gasteiger partial charge in [0.2, 0.25) is 5.91 Å². The summed E-state index contributed by atoms with van der Waals surface area (Å²) in [5.41, 5.74) is 5.98. The van der Waals surface area contributed by atoms with Crippen molar-refractivity contribution in [2.75, 3.05) is 18.8 Å². The molecule has 2 heterocycles. The Balaban J connectivity index is 2.00. The Morgan fingerprint density at radius 1 is 1.56 bits per heavy atom. The zero-order valence-corrected chi connectivity index (χ0v) is 11.1. The highest BCUT2D eigenvalue weighted by molar-refractivity contribution is 8.01. The summed E-state index contributed by atoms with van der Waals surface area (Å²) in [6.07, 6.45) is 3.16. The van der Waals surface area contributed by atoms with Crippen LogP contribution in [0.3, 0.4) is 0 Å². The first-order valence-electron chi connectivity index (χ1n) is 6.22. The van der Waals surface area contributed by atoms with E-state index in [1.54, 1.807) is 0 Å². The number of amides is 1. The summed E-state index contributed by atoms with van der Waals surface area (Å²) in [5.74, 6) is 1.91. The van der Waals surface area contributed by atoms with Gasteiger partial charge in [0, 0.05) is 19.1 Å². The maximum absolute atomic E-state index is 12.4. The van der Waals surface area contributed by atoms with Crippen molar-refractivity contribution in [2.24, 2.45) is 11.7 Å². The Bertz CT molecular complexity index is 276. The molecule has 2 aliphatic rings. The molecule has 2 rings (SSSR count). The maximum Gasteiger partial charge on any atom is 0.238 e. The third-order valence-electron chi connectivity index (χ3n) is 3.93. The molecule has 4 heteroatoms. The second-order valence-corrected chi connectivity index (χ2v) is 6.96. The predicted molar refractivity (Wildman–Crippen MR) is 68.4 cm³/mol. The molecule has 0 bridgehead atoms. The van der Waals surface area contributed by atoms with Crippen molar-refractivity contribution in [2.45, 2.75) is 43.9 Å². The van der Waals surface area contributed by atoms with Gasteiger partial charge in [-0.25, -0.2) is 0 Å². The van der Waals surface area contributed by atoms with Crippen molar-refractivity contribution in [3.8, 4) is 0 Å². The molecule has 3 unspecified atom stereocenters. The molecule has 3 atom stereocenters. The monoisotopic (exact) mass is 242 g/mol. The van der Waals surface area contributed by atoms with Crippen LogP contribution in [0.5, 0.6) is 0 Å². The smallest absolute Gasteiger partial charge is 0.238 e. The van der Waals surface area contributed by atoms with Crippen LogP contribution in [0.25, 0.3) is 0 Å². The number of carbonyl (C=O) groups is 1. The molecule has 0 aromatic carbocycles. The lowest BCUT2D eigenvalue weighted by Gasteiger charge is -2.38. The van der Waals surface area contributed by atoms with Crippen molar-refractivity contribution in [1.82, 2.24) is 4.90 Å². The predicted octanol–water partition coefficient (Wildman–Crippen LogP) is 1.47. The summed E-state index contributed by atoms with van der Waals surface area (Å²) in [6.45, 7) is 5.94. The van der Waals surface area contributed by atoms with Gasteiger partial charge in [-0.15, -0.1) is 11.8 Å². The molecule has 0 saturated carbocycles. The largest absolute Gasteiger partial charge is 0.341 e. The van der Waals surface area contributed by atoms with Crippen LogP contribution in [0.1, 0.15) is 33.1 Å². The Morgan fingerprint density at radius 3 is 2.88 bits per heavy atom. The number of piperidine rings is 1. The van der Waals surface area contributed by atoms with Crippen LogP contribution in [-0.2, 0) is 4.79 Å². The van der Waals surface area contributed by atoms with E-state index in [9.17, 15) is 4.79 Å². The molecule has 16 heavy (non-hydrogen) atoms. The van der Waals surface area contributed by atoms with Crippen LogP contribution in [0.2, 0.25) is 0 Å². The fourth-order valence-corrected chi connectivity index (χ4v) is 3.91. The quantitative estimate of drug-likeness (QED) is 0.757. The zero-order chi connectivity index (χ0) is 11.8. The first-order valence-corrected chi connectivity index (χ1v) is 7.20. The lowest BCUT2D eigenvalue weighted by molar-refractivity contribution is -0.135. The van der Waals surface area contributed by atoms with E-state index in [0.29, 0.717) is 11.8 Å². The molecule has 1 amide bonds. The molecule has 2 fully saturated rings. The number of nitrogens with two attached hydrogens (primary N) is 1. The second kappa shape index (κ2) is 4.57. The normalized spacial score (nSPS) is 40.1. The first kappa shape index (κ1) is 12.2. The average molecular weight is 242 g/mol. The third kappa shape index (κ3) is 2.23. The van der Waals surface area contributed by atoms with Crippen LogP contribution in [0, 0.1) is 5.92 Å². The molecular formula is C12H22N2OS. The average Bonchev–Trinajstić information content (AvgIpc) is 2.70. The number of thioether (sulfide) groups is 1. The van der Waals surface area contributed by atoms with Gasteiger partial charge in [0.15, 0.2) is 0 Å². The SMILES string of the molecule is CC1CN(C(=O)C2(C)CCCS2)CCC1N. The van der Waals surface area contributed by atoms with Crippen molar-refractivity contribution in [3.63, 3.8) is 0 Å². The molecule has 2 saturated heterocycles. The summed E-state index contributed by atoms with van der Waals surface area (Å²) < 4.78 is -0.152. The lowest BCUT2D eigenvalue weighted by Crippen LogP contribution is -2.52. The van der Waals surface area contributed by atoms with Gasteiger partial charge in [-0.1, -0.05) is 6.92 Å². The second-order valence-electron chi connectivity index (χ2n) is 5.36. The van der Waals surface area contributed by atoms with Crippen molar-refractivity contribution in [3.05, 3.63) is 0 Å². The van der Waals surface area contributed by atoms with Gasteiger partial charge in [0.1, 0.15) is 0 Å². The van der Waals surface area contributed by atoms with E-state index in [1.807, 2.05) is 16.7 Å². The standard InChI is InChI=1S/C12H22N2OS/c1-9-8-14(6-4-10(9)13)11(15)12(2)5-3-7-16-12/h9-10H,3-8,13H2,1-2H3. The maximum atomic E-state index is 12.4. The van der Waals surface area contributed by atoms with E-state index in [2.05, 4.69) is 13.8 Å². The Morgan fingerprint density at radius 2 is 2.31 bits per heavy atom. The third-order valence-corrected chi connectivity index (χ3v) is 5.44. The zero-order valence-electron chi connectivity index (χ0n) is 10.2. The topological polar surface area (TPSA) is 46.3 Å². The minimum atomic E-state index is -0.152. The summed E-state index contributed by atoms with van der Waals surface area (Å²) in [5, 5.41) is 0. The summed E-state index contributed by atoms with van der Waals surface area (Å²) in [7, 11) is 0. The van der Waals surface area contributed by atoms with E-state index >= 15 is 0 Å². The van der Waals surface area contributed by atoms with E-state index in [1.165, 1.54) is 6.42 Å². The molecule has 2 N–H and O–H groups in total. The molecule has 0 aromatic heterocycles. The van der Waals surface area contributed by atoms with Gasteiger partial charge < -0.3 is 10.6 Å². The van der Waals surface area contributed by atoms with Gasteiger partial charge >= 0.3 is 0 Å². The summed E-state index contributed by atoms with van der Waals surface area (Å²) in [4.78, 5) is 14.5. The number of carbonyl (C=O) groups excluding carboxylic acids is 1. The van der Waals surface area contributed by atoms with E-state index < -0.39 is 0 Å². The highest BCUT2D eigenvalue weighted by atomic mass is 32.2. The first-order chi connectivity index (χ1) is 7.53. The number of likely N-dealkylation sites (tertiary alicyclic amines) is 1. The molecule has 3 nitrogen and oxygen atoms in total. The van der Waals surface area contributed by atoms with Gasteiger partial charge in [-0.3, -0.25) is 4.79 Å². The van der Waals surface area contributed by atoms with E-state index in [4.69, 9.17) is 5.73 Å². The molecule has 0 aromatic rings. The van der Waals surface area contributed by atoms with Crippen LogP contribution < -0.4 is 5.73 Å². The van der Waals surface area contributed by atoms with Crippen LogP contribution in [0.15, 0.2) is 0 Å². The van der Waals surface area contributed by atoms with Crippen LogP contribution >= 0.6 is 11.8 Å². The van der Waals surface area contributed by atoms with Gasteiger partial charge in [0.05, 0.1) is 4.75 Å². The fourth-order valence-electron chi connectivity index (χ4n) is 2.63. The van der Waals surface area contributed by atoms with Crippen molar-refractivity contribution in [1.29, 1.82) is 0 Å². The van der Waals surface area contributed by atoms with E-state index in [0.717, 1.165) is 31.7 Å². The van der Waals surface area contributed by atoms with E-state index in [-0.39, 0.29) is 10.8 Å². The fraction of sp³-hybridized carbons (Fsp3) is 0.917. The number of hydrogen-bond acceptors (Lipinski definition) is 3. The van der Waals surface area contributed by atoms with Crippen molar-refractivity contribution < 1.29 is 4.79 Å². The number of hydrogen-bond donors (Lipinski definition) is 1. The number of nitrogens with zero attached hydrogens (tertiary/aromatic N) is 1. The summed E-state index contributed by atoms with van der Waals surface area (Å²) in [6, 6.07) is 0.271.